The van der Waals surface area contributed by atoms with Gasteiger partial charge in [-0.15, -0.1) is 0 Å². The molecule has 0 radical (unpaired) electrons. The van der Waals surface area contributed by atoms with Crippen LogP contribution in [0, 0.1) is 0 Å². The lowest BCUT2D eigenvalue weighted by Gasteiger charge is -2.37. The molecule has 2 aliphatic carbocycles. The molecule has 0 saturated carbocycles. The molecular formula is C36H27P. The van der Waals surface area contributed by atoms with E-state index in [9.17, 15) is 0 Å². The van der Waals surface area contributed by atoms with Gasteiger partial charge in [0.15, 0.2) is 0 Å². The molecule has 0 amide bonds. The van der Waals surface area contributed by atoms with Crippen LogP contribution in [-0.2, 0) is 0 Å². The summed E-state index contributed by atoms with van der Waals surface area (Å²) in [6, 6.07) is 47.3. The number of hydrogen-bond acceptors (Lipinski definition) is 0. The lowest BCUT2D eigenvalue weighted by molar-refractivity contribution is 1.06. The summed E-state index contributed by atoms with van der Waals surface area (Å²) in [6.07, 6.45) is 9.23. The molecule has 5 aromatic carbocycles. The maximum atomic E-state index is 2.36. The van der Waals surface area contributed by atoms with E-state index in [1.165, 1.54) is 49.8 Å². The lowest BCUT2D eigenvalue weighted by atomic mass is 9.98. The van der Waals surface area contributed by atoms with Gasteiger partial charge < -0.3 is 0 Å². The first kappa shape index (κ1) is 22.2. The van der Waals surface area contributed by atoms with Gasteiger partial charge in [0.2, 0.25) is 0 Å². The topological polar surface area (TPSA) is 0 Å². The summed E-state index contributed by atoms with van der Waals surface area (Å²) in [5.41, 5.74) is 11.5. The fourth-order valence-electron chi connectivity index (χ4n) is 5.99. The van der Waals surface area contributed by atoms with Crippen LogP contribution in [-0.4, -0.2) is 0 Å². The van der Waals surface area contributed by atoms with Crippen LogP contribution in [0.25, 0.3) is 24.3 Å². The maximum Gasteiger partial charge on any atom is 0.0352 e. The number of fused-ring (bicyclic) bond motifs is 4. The van der Waals surface area contributed by atoms with Crippen molar-refractivity contribution in [1.82, 2.24) is 0 Å². The molecule has 0 fully saturated rings. The zero-order valence-electron chi connectivity index (χ0n) is 20.5. The van der Waals surface area contributed by atoms with Crippen molar-refractivity contribution in [3.8, 4) is 0 Å². The molecule has 0 saturated heterocycles. The van der Waals surface area contributed by atoms with E-state index in [0.29, 0.717) is 0 Å². The van der Waals surface area contributed by atoms with Gasteiger partial charge >= 0.3 is 0 Å². The minimum absolute atomic E-state index is 0.254. The van der Waals surface area contributed by atoms with Crippen LogP contribution in [0.4, 0.5) is 0 Å². The zero-order chi connectivity index (χ0) is 24.6. The van der Waals surface area contributed by atoms with Crippen molar-refractivity contribution in [3.05, 3.63) is 172 Å². The molecule has 37 heavy (non-hydrogen) atoms. The smallest absolute Gasteiger partial charge is 0.0352 e. The Kier molecular flexibility index (Phi) is 5.69. The first-order valence-electron chi connectivity index (χ1n) is 12.9. The summed E-state index contributed by atoms with van der Waals surface area (Å²) in [7, 11) is -0.753. The standard InChI is InChI=1S/C36H27P/c1-2-16-30(17-3-1)37(35-31-18-8-4-12-26(31)22-23-27-13-5-9-19-32(27)35)36-33-20-10-6-14-28(33)24-25-29-15-7-11-21-34(29)36/h1-25,35-36H. The molecule has 0 aromatic heterocycles. The van der Waals surface area contributed by atoms with Crippen molar-refractivity contribution in [1.29, 1.82) is 0 Å². The Bertz CT molecular complexity index is 1440. The van der Waals surface area contributed by atoms with Crippen LogP contribution in [0.2, 0.25) is 0 Å². The number of benzene rings is 5. The highest BCUT2D eigenvalue weighted by atomic mass is 31.1. The summed E-state index contributed by atoms with van der Waals surface area (Å²) in [6.45, 7) is 0. The fourth-order valence-corrected chi connectivity index (χ4v) is 9.54. The van der Waals surface area contributed by atoms with Crippen molar-refractivity contribution in [2.75, 3.05) is 0 Å². The molecule has 0 bridgehead atoms. The normalized spacial score (nSPS) is 14.3. The second-order valence-corrected chi connectivity index (χ2v) is 12.1. The van der Waals surface area contributed by atoms with E-state index >= 15 is 0 Å². The van der Waals surface area contributed by atoms with Crippen molar-refractivity contribution < 1.29 is 0 Å². The van der Waals surface area contributed by atoms with E-state index in [-0.39, 0.29) is 11.3 Å². The van der Waals surface area contributed by atoms with Gasteiger partial charge in [0.25, 0.3) is 0 Å². The summed E-state index contributed by atoms with van der Waals surface area (Å²) in [4.78, 5) is 0. The molecule has 0 nitrogen and oxygen atoms in total. The lowest BCUT2D eigenvalue weighted by Crippen LogP contribution is -2.17. The van der Waals surface area contributed by atoms with E-state index in [4.69, 9.17) is 0 Å². The Balaban J connectivity index is 1.57. The van der Waals surface area contributed by atoms with Gasteiger partial charge in [-0.25, -0.2) is 0 Å². The van der Waals surface area contributed by atoms with Crippen molar-refractivity contribution >= 4 is 37.5 Å². The number of hydrogen-bond donors (Lipinski definition) is 0. The molecule has 7 rings (SSSR count). The van der Waals surface area contributed by atoms with E-state index < -0.39 is 7.92 Å². The molecule has 0 heterocycles. The first-order valence-corrected chi connectivity index (χ1v) is 14.4. The monoisotopic (exact) mass is 490 g/mol. The Hall–Kier alpha value is -3.99. The Labute approximate surface area is 220 Å². The fraction of sp³-hybridized carbons (Fsp3) is 0.0556. The van der Waals surface area contributed by atoms with Gasteiger partial charge in [-0.1, -0.05) is 160 Å². The number of rotatable bonds is 3. The van der Waals surface area contributed by atoms with E-state index in [2.05, 4.69) is 152 Å². The van der Waals surface area contributed by atoms with Gasteiger partial charge in [0.1, 0.15) is 0 Å². The largest absolute Gasteiger partial charge is 0.0622 e. The summed E-state index contributed by atoms with van der Waals surface area (Å²) in [5.74, 6) is 0. The zero-order valence-corrected chi connectivity index (χ0v) is 21.4. The predicted octanol–water partition coefficient (Wildman–Crippen LogP) is 9.34. The quantitative estimate of drug-likeness (QED) is 0.221. The van der Waals surface area contributed by atoms with Crippen molar-refractivity contribution in [2.24, 2.45) is 0 Å². The molecule has 0 N–H and O–H groups in total. The molecule has 1 heteroatoms. The molecule has 2 aliphatic rings. The summed E-state index contributed by atoms with van der Waals surface area (Å²) >= 11 is 0. The van der Waals surface area contributed by atoms with Crippen molar-refractivity contribution in [2.45, 2.75) is 11.3 Å². The highest BCUT2D eigenvalue weighted by Gasteiger charge is 2.38. The second kappa shape index (κ2) is 9.47. The van der Waals surface area contributed by atoms with E-state index in [1.807, 2.05) is 0 Å². The molecule has 0 spiro atoms. The van der Waals surface area contributed by atoms with Crippen LogP contribution < -0.4 is 5.30 Å². The van der Waals surface area contributed by atoms with E-state index in [1.54, 1.807) is 0 Å². The minimum Gasteiger partial charge on any atom is -0.0622 e. The van der Waals surface area contributed by atoms with Gasteiger partial charge in [-0.3, -0.25) is 0 Å². The maximum absolute atomic E-state index is 2.36. The second-order valence-electron chi connectivity index (χ2n) is 9.73. The Morgan fingerprint density at radius 3 is 0.973 bits per heavy atom. The van der Waals surface area contributed by atoms with Crippen LogP contribution in [0.15, 0.2) is 127 Å². The average molecular weight is 491 g/mol. The third-order valence-electron chi connectivity index (χ3n) is 7.66. The summed E-state index contributed by atoms with van der Waals surface area (Å²) < 4.78 is 0. The van der Waals surface area contributed by atoms with Gasteiger partial charge in [0, 0.05) is 11.3 Å². The molecule has 176 valence electrons. The summed E-state index contributed by atoms with van der Waals surface area (Å²) in [5, 5.41) is 1.44. The predicted molar refractivity (Wildman–Crippen MR) is 160 cm³/mol. The van der Waals surface area contributed by atoms with Crippen LogP contribution in [0.5, 0.6) is 0 Å². The van der Waals surface area contributed by atoms with Gasteiger partial charge in [-0.05, 0) is 49.8 Å². The molecule has 0 atom stereocenters. The Morgan fingerprint density at radius 1 is 0.324 bits per heavy atom. The third-order valence-corrected chi connectivity index (χ3v) is 10.8. The van der Waals surface area contributed by atoms with Gasteiger partial charge in [-0.2, -0.15) is 0 Å². The first-order chi connectivity index (χ1) is 18.4. The van der Waals surface area contributed by atoms with E-state index in [0.717, 1.165) is 0 Å². The molecule has 0 unspecified atom stereocenters. The highest BCUT2D eigenvalue weighted by molar-refractivity contribution is 7.66. The molecule has 0 aliphatic heterocycles. The minimum atomic E-state index is -0.753. The highest BCUT2D eigenvalue weighted by Crippen LogP contribution is 2.67. The third kappa shape index (κ3) is 3.90. The van der Waals surface area contributed by atoms with Gasteiger partial charge in [0.05, 0.1) is 0 Å². The van der Waals surface area contributed by atoms with Crippen LogP contribution in [0.3, 0.4) is 0 Å². The average Bonchev–Trinajstić information content (AvgIpc) is 3.23. The molecular weight excluding hydrogens is 463 g/mol. The van der Waals surface area contributed by atoms with Crippen LogP contribution in [0.1, 0.15) is 55.8 Å². The van der Waals surface area contributed by atoms with Crippen molar-refractivity contribution in [3.63, 3.8) is 0 Å². The Morgan fingerprint density at radius 2 is 0.622 bits per heavy atom. The van der Waals surface area contributed by atoms with Crippen LogP contribution >= 0.6 is 7.92 Å². The molecule has 5 aromatic rings. The SMILES string of the molecule is C1=Cc2ccccc2C(P(c2ccccc2)C2c3ccccc3C=Cc3ccccc32)c2ccccc21.